The van der Waals surface area contributed by atoms with Gasteiger partial charge in [-0.05, 0) is 51.5 Å². The van der Waals surface area contributed by atoms with E-state index >= 15 is 0 Å². The van der Waals surface area contributed by atoms with E-state index in [1.807, 2.05) is 0 Å². The van der Waals surface area contributed by atoms with Crippen molar-refractivity contribution in [2.45, 2.75) is 103 Å². The second-order valence-electron chi connectivity index (χ2n) is 14.2. The van der Waals surface area contributed by atoms with Gasteiger partial charge in [0, 0.05) is 45.0 Å². The minimum absolute atomic E-state index is 0.0179. The number of aliphatic hydroxyl groups is 1. The molecule has 7 atom stereocenters. The first-order chi connectivity index (χ1) is 22.9. The molecule has 13 heteroatoms. The lowest BCUT2D eigenvalue weighted by atomic mass is 9.46. The molecule has 1 N–H and O–H groups in total. The molecule has 2 aliphatic carbocycles. The van der Waals surface area contributed by atoms with Crippen molar-refractivity contribution in [2.75, 3.05) is 6.61 Å². The summed E-state index contributed by atoms with van der Waals surface area (Å²) in [6.07, 6.45) is -0.588. The number of carbonyl (C=O) groups is 5. The fourth-order valence-corrected chi connectivity index (χ4v) is 7.92. The van der Waals surface area contributed by atoms with E-state index in [0.717, 1.165) is 13.8 Å². The lowest BCUT2D eigenvalue weighted by Gasteiger charge is -2.66. The number of hydrogen-bond acceptors (Lipinski definition) is 13. The molecular formula is C36H43NO12. The summed E-state index contributed by atoms with van der Waals surface area (Å²) in [4.78, 5) is 70.8. The third-order valence-electron chi connectivity index (χ3n) is 10.1. The molecule has 1 aromatic carbocycles. The predicted molar refractivity (Wildman–Crippen MR) is 169 cm³/mol. The summed E-state index contributed by atoms with van der Waals surface area (Å²) in [7, 11) is 0. The topological polar surface area (TPSA) is 174 Å². The van der Waals surface area contributed by atoms with Crippen LogP contribution in [0.3, 0.4) is 0 Å². The number of hydrogen-bond donors (Lipinski definition) is 1. The van der Waals surface area contributed by atoms with E-state index in [4.69, 9.17) is 28.4 Å². The molecule has 2 heterocycles. The molecule has 5 rings (SSSR count). The molecule has 3 unspecified atom stereocenters. The Morgan fingerprint density at radius 2 is 1.55 bits per heavy atom. The van der Waals surface area contributed by atoms with Crippen LogP contribution in [0.4, 0.5) is 0 Å². The van der Waals surface area contributed by atoms with Crippen molar-refractivity contribution in [2.24, 2.45) is 17.3 Å². The summed E-state index contributed by atoms with van der Waals surface area (Å²) in [5, 5.41) is 12.5. The van der Waals surface area contributed by atoms with E-state index in [1.54, 1.807) is 52.0 Å². The van der Waals surface area contributed by atoms with Crippen LogP contribution < -0.4 is 0 Å². The average Bonchev–Trinajstić information content (AvgIpc) is 3.30. The Bertz CT molecular complexity index is 1610. The lowest BCUT2D eigenvalue weighted by Crippen LogP contribution is -2.83. The van der Waals surface area contributed by atoms with Gasteiger partial charge in [0.25, 0.3) is 0 Å². The number of aromatic nitrogens is 1. The van der Waals surface area contributed by atoms with Crippen LogP contribution in [-0.2, 0) is 42.8 Å². The Morgan fingerprint density at radius 3 is 2.14 bits per heavy atom. The summed E-state index contributed by atoms with van der Waals surface area (Å²) >= 11 is 0. The molecule has 1 aliphatic heterocycles. The van der Waals surface area contributed by atoms with Crippen LogP contribution in [0.1, 0.15) is 88.4 Å². The van der Waals surface area contributed by atoms with Crippen molar-refractivity contribution in [3.8, 4) is 0 Å². The van der Waals surface area contributed by atoms with Crippen LogP contribution in [0.2, 0.25) is 0 Å². The summed E-state index contributed by atoms with van der Waals surface area (Å²) < 4.78 is 37.2. The van der Waals surface area contributed by atoms with Gasteiger partial charge in [0.05, 0.1) is 28.2 Å². The standard InChI is InChI=1S/C36H43NO12/c1-21(2)29(40)46-28-18-33(7,43)35-16-26(32(5,6)49-35)27(45-30(41)25-14-11-15-37-19-25)17-34(35,20-44-22(3)38)36(28,47-23(4)39)48-31(42)24-12-9-8-10-13-24/h8-15,19,21,26-28,43H,16-18,20H2,1-7H3/t26-,27?,28?,33+,34+,35-,36?/m0/s1. The van der Waals surface area contributed by atoms with Gasteiger partial charge in [-0.1, -0.05) is 32.0 Å². The van der Waals surface area contributed by atoms with E-state index in [0.29, 0.717) is 0 Å². The Hall–Kier alpha value is -4.36. The molecule has 1 aromatic heterocycles. The van der Waals surface area contributed by atoms with E-state index in [1.165, 1.54) is 37.5 Å². The number of nitrogens with zero attached hydrogens (tertiary/aromatic N) is 1. The molecule has 49 heavy (non-hydrogen) atoms. The highest BCUT2D eigenvalue weighted by Gasteiger charge is 2.86. The number of ether oxygens (including phenoxy) is 6. The van der Waals surface area contributed by atoms with Gasteiger partial charge in [-0.25, -0.2) is 9.59 Å². The molecule has 2 bridgehead atoms. The molecule has 0 radical (unpaired) electrons. The van der Waals surface area contributed by atoms with E-state index in [9.17, 15) is 29.1 Å². The second-order valence-corrected chi connectivity index (χ2v) is 14.2. The normalized spacial score (nSPS) is 32.7. The largest absolute Gasteiger partial charge is 0.465 e. The molecule has 1 saturated heterocycles. The SMILES string of the molecule is CC(=O)OC[C@]12CC(OC(=O)c3cccnc3)[C@@H]3C[C@]1(OC3(C)C)[C@](C)(O)CC(OC(=O)C(C)C)C2(OC(C)=O)OC(=O)c1ccccc1. The molecule has 3 fully saturated rings. The van der Waals surface area contributed by atoms with Gasteiger partial charge in [0.15, 0.2) is 6.10 Å². The van der Waals surface area contributed by atoms with Gasteiger partial charge in [-0.2, -0.15) is 0 Å². The summed E-state index contributed by atoms with van der Waals surface area (Å²) in [6.45, 7) is 9.79. The van der Waals surface area contributed by atoms with Crippen LogP contribution in [0.25, 0.3) is 0 Å². The molecule has 264 valence electrons. The van der Waals surface area contributed by atoms with Gasteiger partial charge in [-0.3, -0.25) is 19.4 Å². The Balaban J connectivity index is 1.80. The van der Waals surface area contributed by atoms with Gasteiger partial charge in [0.1, 0.15) is 23.7 Å². The maximum atomic E-state index is 14.1. The molecule has 2 saturated carbocycles. The Morgan fingerprint density at radius 1 is 0.878 bits per heavy atom. The smallest absolute Gasteiger partial charge is 0.341 e. The fourth-order valence-electron chi connectivity index (χ4n) is 7.92. The Kier molecular flexibility index (Phi) is 9.41. The highest BCUT2D eigenvalue weighted by Crippen LogP contribution is 2.71. The Labute approximate surface area is 284 Å². The van der Waals surface area contributed by atoms with Crippen molar-refractivity contribution in [3.63, 3.8) is 0 Å². The van der Waals surface area contributed by atoms with Gasteiger partial charge >= 0.3 is 35.6 Å². The minimum Gasteiger partial charge on any atom is -0.465 e. The van der Waals surface area contributed by atoms with Gasteiger partial charge < -0.3 is 33.5 Å². The van der Waals surface area contributed by atoms with E-state index in [2.05, 4.69) is 4.98 Å². The van der Waals surface area contributed by atoms with E-state index < -0.39 is 94.9 Å². The first-order valence-electron chi connectivity index (χ1n) is 16.3. The number of carbonyl (C=O) groups excluding carboxylic acids is 5. The summed E-state index contributed by atoms with van der Waals surface area (Å²) in [5.74, 6) is -7.94. The molecule has 13 nitrogen and oxygen atoms in total. The first-order valence-corrected chi connectivity index (χ1v) is 16.3. The van der Waals surface area contributed by atoms with Crippen LogP contribution in [-0.4, -0.2) is 81.3 Å². The maximum Gasteiger partial charge on any atom is 0.341 e. The van der Waals surface area contributed by atoms with Gasteiger partial charge in [-0.15, -0.1) is 0 Å². The maximum absolute atomic E-state index is 14.1. The van der Waals surface area contributed by atoms with Crippen molar-refractivity contribution < 1.29 is 57.5 Å². The zero-order valence-electron chi connectivity index (χ0n) is 28.7. The zero-order valence-corrected chi connectivity index (χ0v) is 28.7. The van der Waals surface area contributed by atoms with Crippen molar-refractivity contribution in [1.29, 1.82) is 0 Å². The number of benzene rings is 1. The monoisotopic (exact) mass is 681 g/mol. The van der Waals surface area contributed by atoms with Crippen molar-refractivity contribution >= 4 is 29.8 Å². The van der Waals surface area contributed by atoms with Crippen LogP contribution in [0.5, 0.6) is 0 Å². The summed E-state index contributed by atoms with van der Waals surface area (Å²) in [5.41, 5.74) is -6.58. The van der Waals surface area contributed by atoms with Crippen LogP contribution >= 0.6 is 0 Å². The third-order valence-corrected chi connectivity index (χ3v) is 10.1. The molecule has 2 aromatic rings. The van der Waals surface area contributed by atoms with Gasteiger partial charge in [0.2, 0.25) is 0 Å². The zero-order chi connectivity index (χ0) is 36.0. The number of esters is 5. The van der Waals surface area contributed by atoms with Crippen LogP contribution in [0, 0.1) is 17.3 Å². The second kappa shape index (κ2) is 12.8. The van der Waals surface area contributed by atoms with E-state index in [-0.39, 0.29) is 24.0 Å². The first kappa shape index (κ1) is 35.9. The third kappa shape index (κ3) is 6.07. The minimum atomic E-state index is -2.58. The highest BCUT2D eigenvalue weighted by molar-refractivity contribution is 5.90. The average molecular weight is 682 g/mol. The molecule has 1 spiro atoms. The number of rotatable bonds is 9. The number of pyridine rings is 1. The molecular weight excluding hydrogens is 638 g/mol. The molecule has 3 aliphatic rings. The lowest BCUT2D eigenvalue weighted by molar-refractivity contribution is -0.405. The highest BCUT2D eigenvalue weighted by atomic mass is 16.8. The summed E-state index contributed by atoms with van der Waals surface area (Å²) in [6, 6.07) is 11.0. The van der Waals surface area contributed by atoms with Crippen molar-refractivity contribution in [1.82, 2.24) is 4.98 Å². The predicted octanol–water partition coefficient (Wildman–Crippen LogP) is 3.95. The fraction of sp³-hybridized carbons (Fsp3) is 0.556. The quantitative estimate of drug-likeness (QED) is 0.229. The molecule has 0 amide bonds. The van der Waals surface area contributed by atoms with Crippen LogP contribution in [0.15, 0.2) is 54.9 Å². The number of fused-ring (bicyclic) bond motifs is 1. The van der Waals surface area contributed by atoms with Crippen molar-refractivity contribution in [3.05, 3.63) is 66.0 Å².